The number of sulfone groups is 1. The van der Waals surface area contributed by atoms with Crippen LogP contribution in [0.3, 0.4) is 0 Å². The zero-order valence-corrected chi connectivity index (χ0v) is 10.2. The van der Waals surface area contributed by atoms with Crippen LogP contribution in [0.15, 0.2) is 0 Å². The van der Waals surface area contributed by atoms with Crippen LogP contribution in [0.4, 0.5) is 0 Å². The lowest BCUT2D eigenvalue weighted by Crippen LogP contribution is -2.47. The number of rotatable bonds is 3. The normalized spacial score (nSPS) is 22.5. The first-order valence-electron chi connectivity index (χ1n) is 5.20. The number of carbonyl (C=O) groups is 1. The van der Waals surface area contributed by atoms with E-state index in [1.807, 2.05) is 0 Å². The van der Waals surface area contributed by atoms with Crippen molar-refractivity contribution in [3.63, 3.8) is 0 Å². The monoisotopic (exact) mass is 250 g/mol. The number of hydrogen-bond acceptors (Lipinski definition) is 5. The highest BCUT2D eigenvalue weighted by Crippen LogP contribution is 2.06. The van der Waals surface area contributed by atoms with Gasteiger partial charge in [0.05, 0.1) is 18.1 Å². The molecule has 1 amide bonds. The van der Waals surface area contributed by atoms with Gasteiger partial charge in [-0.05, 0) is 6.42 Å². The van der Waals surface area contributed by atoms with Gasteiger partial charge in [0.25, 0.3) is 0 Å². The summed E-state index contributed by atoms with van der Waals surface area (Å²) in [5, 5.41) is 0. The molecule has 0 aromatic rings. The topological polar surface area (TPSA) is 89.7 Å². The molecule has 1 fully saturated rings. The molecule has 0 aliphatic carbocycles. The summed E-state index contributed by atoms with van der Waals surface area (Å²) in [6, 6.07) is -0.703. The van der Waals surface area contributed by atoms with E-state index < -0.39 is 15.9 Å². The quantitative estimate of drug-likeness (QED) is 0.666. The van der Waals surface area contributed by atoms with Crippen molar-refractivity contribution in [2.24, 2.45) is 5.73 Å². The molecular weight excluding hydrogens is 232 g/mol. The Bertz CT molecular complexity index is 341. The smallest absolute Gasteiger partial charge is 0.241 e. The Kier molecular flexibility index (Phi) is 4.69. The lowest BCUT2D eigenvalue weighted by atomic mass is 10.2. The van der Waals surface area contributed by atoms with Crippen molar-refractivity contribution in [1.29, 1.82) is 0 Å². The first-order chi connectivity index (χ1) is 7.46. The van der Waals surface area contributed by atoms with Gasteiger partial charge in [-0.3, -0.25) is 4.79 Å². The predicted molar refractivity (Wildman–Crippen MR) is 59.7 cm³/mol. The predicted octanol–water partition coefficient (Wildman–Crippen LogP) is -1.39. The standard InChI is InChI=1S/C9H18N2O4S/c1-15-7-8(10)9(12)11-3-2-5-16(13,14)6-4-11/h8H,2-7,10H2,1H3. The second-order valence-electron chi connectivity index (χ2n) is 3.89. The minimum absolute atomic E-state index is 0.0262. The number of ether oxygens (including phenoxy) is 1. The van der Waals surface area contributed by atoms with Crippen LogP contribution < -0.4 is 5.73 Å². The highest BCUT2D eigenvalue weighted by molar-refractivity contribution is 7.91. The van der Waals surface area contributed by atoms with E-state index in [9.17, 15) is 13.2 Å². The van der Waals surface area contributed by atoms with Crippen LogP contribution in [0, 0.1) is 0 Å². The van der Waals surface area contributed by atoms with Crippen LogP contribution in [0.25, 0.3) is 0 Å². The van der Waals surface area contributed by atoms with Crippen LogP contribution in [-0.4, -0.2) is 63.6 Å². The molecule has 0 saturated carbocycles. The average Bonchev–Trinajstić information content (AvgIpc) is 2.39. The third-order valence-corrected chi connectivity index (χ3v) is 4.25. The van der Waals surface area contributed by atoms with Crippen molar-refractivity contribution in [3.8, 4) is 0 Å². The van der Waals surface area contributed by atoms with Gasteiger partial charge in [0.15, 0.2) is 9.84 Å². The fourth-order valence-corrected chi connectivity index (χ4v) is 2.92. The molecular formula is C9H18N2O4S. The van der Waals surface area contributed by atoms with E-state index in [2.05, 4.69) is 0 Å². The third kappa shape index (κ3) is 3.73. The van der Waals surface area contributed by atoms with E-state index in [0.29, 0.717) is 13.0 Å². The maximum Gasteiger partial charge on any atom is 0.241 e. The summed E-state index contributed by atoms with van der Waals surface area (Å²) < 4.78 is 27.5. The summed E-state index contributed by atoms with van der Waals surface area (Å²) in [7, 11) is -1.52. The highest BCUT2D eigenvalue weighted by Gasteiger charge is 2.25. The van der Waals surface area contributed by atoms with Crippen LogP contribution >= 0.6 is 0 Å². The molecule has 0 aromatic carbocycles. The van der Waals surface area contributed by atoms with E-state index in [4.69, 9.17) is 10.5 Å². The highest BCUT2D eigenvalue weighted by atomic mass is 32.2. The van der Waals surface area contributed by atoms with Crippen LogP contribution in [0.5, 0.6) is 0 Å². The Labute approximate surface area is 95.7 Å². The third-order valence-electron chi connectivity index (χ3n) is 2.53. The minimum Gasteiger partial charge on any atom is -0.383 e. The molecule has 94 valence electrons. The molecule has 1 heterocycles. The van der Waals surface area contributed by atoms with Crippen molar-refractivity contribution in [1.82, 2.24) is 4.90 Å². The summed E-state index contributed by atoms with van der Waals surface area (Å²) >= 11 is 0. The molecule has 16 heavy (non-hydrogen) atoms. The lowest BCUT2D eigenvalue weighted by Gasteiger charge is -2.23. The number of amides is 1. The van der Waals surface area contributed by atoms with Crippen LogP contribution in [-0.2, 0) is 19.4 Å². The molecule has 0 spiro atoms. The van der Waals surface area contributed by atoms with Crippen LogP contribution in [0.2, 0.25) is 0 Å². The summed E-state index contributed by atoms with van der Waals surface area (Å²) in [5.41, 5.74) is 5.61. The fourth-order valence-electron chi connectivity index (χ4n) is 1.64. The molecule has 7 heteroatoms. The molecule has 1 unspecified atom stereocenters. The maximum atomic E-state index is 11.8. The van der Waals surface area contributed by atoms with E-state index in [1.165, 1.54) is 12.0 Å². The van der Waals surface area contributed by atoms with E-state index in [1.54, 1.807) is 0 Å². The second kappa shape index (κ2) is 5.60. The molecule has 1 aliphatic heterocycles. The molecule has 2 N–H and O–H groups in total. The van der Waals surface area contributed by atoms with Gasteiger partial charge in [-0.25, -0.2) is 8.42 Å². The van der Waals surface area contributed by atoms with Crippen molar-refractivity contribution in [2.75, 3.05) is 38.3 Å². The molecule has 1 aliphatic rings. The minimum atomic E-state index is -2.99. The van der Waals surface area contributed by atoms with E-state index in [-0.39, 0.29) is 30.6 Å². The molecule has 0 bridgehead atoms. The van der Waals surface area contributed by atoms with E-state index >= 15 is 0 Å². The Hall–Kier alpha value is -0.660. The summed E-state index contributed by atoms with van der Waals surface area (Å²) in [5.74, 6) is -0.0617. The number of nitrogens with zero attached hydrogens (tertiary/aromatic N) is 1. The zero-order valence-electron chi connectivity index (χ0n) is 9.39. The Morgan fingerprint density at radius 1 is 1.44 bits per heavy atom. The maximum absolute atomic E-state index is 11.8. The average molecular weight is 250 g/mol. The van der Waals surface area contributed by atoms with Gasteiger partial charge in [-0.2, -0.15) is 0 Å². The Balaban J connectivity index is 2.58. The van der Waals surface area contributed by atoms with E-state index in [0.717, 1.165) is 0 Å². The first kappa shape index (κ1) is 13.4. The Morgan fingerprint density at radius 2 is 2.12 bits per heavy atom. The lowest BCUT2D eigenvalue weighted by molar-refractivity contribution is -0.133. The fraction of sp³-hybridized carbons (Fsp3) is 0.889. The van der Waals surface area contributed by atoms with Gasteiger partial charge in [-0.15, -0.1) is 0 Å². The van der Waals surface area contributed by atoms with Gasteiger partial charge < -0.3 is 15.4 Å². The molecule has 0 aromatic heterocycles. The second-order valence-corrected chi connectivity index (χ2v) is 6.20. The SMILES string of the molecule is COCC(N)C(=O)N1CCCS(=O)(=O)CC1. The number of carbonyl (C=O) groups excluding carboxylic acids is 1. The number of hydrogen-bond donors (Lipinski definition) is 1. The largest absolute Gasteiger partial charge is 0.383 e. The zero-order chi connectivity index (χ0) is 12.2. The first-order valence-corrected chi connectivity index (χ1v) is 7.02. The summed E-state index contributed by atoms with van der Waals surface area (Å²) in [4.78, 5) is 13.3. The molecule has 1 atom stereocenters. The van der Waals surface area contributed by atoms with Crippen molar-refractivity contribution in [3.05, 3.63) is 0 Å². The van der Waals surface area contributed by atoms with Crippen molar-refractivity contribution in [2.45, 2.75) is 12.5 Å². The van der Waals surface area contributed by atoms with Gasteiger partial charge >= 0.3 is 0 Å². The van der Waals surface area contributed by atoms with Crippen molar-refractivity contribution < 1.29 is 17.9 Å². The molecule has 6 nitrogen and oxygen atoms in total. The van der Waals surface area contributed by atoms with Crippen LogP contribution in [0.1, 0.15) is 6.42 Å². The molecule has 0 radical (unpaired) electrons. The van der Waals surface area contributed by atoms with Gasteiger partial charge in [0.1, 0.15) is 6.04 Å². The molecule has 1 rings (SSSR count). The van der Waals surface area contributed by atoms with Crippen molar-refractivity contribution >= 4 is 15.7 Å². The summed E-state index contributed by atoms with van der Waals surface area (Å²) in [6.45, 7) is 0.843. The molecule has 1 saturated heterocycles. The number of nitrogens with two attached hydrogens (primary N) is 1. The van der Waals surface area contributed by atoms with Gasteiger partial charge in [0, 0.05) is 20.2 Å². The van der Waals surface area contributed by atoms with Gasteiger partial charge in [0.2, 0.25) is 5.91 Å². The van der Waals surface area contributed by atoms with Gasteiger partial charge in [-0.1, -0.05) is 0 Å². The number of methoxy groups -OCH3 is 1. The summed E-state index contributed by atoms with van der Waals surface area (Å²) in [6.07, 6.45) is 0.480. The Morgan fingerprint density at radius 3 is 2.75 bits per heavy atom.